The van der Waals surface area contributed by atoms with Crippen LogP contribution in [0.25, 0.3) is 0 Å². The highest BCUT2D eigenvalue weighted by Crippen LogP contribution is 2.28. The Morgan fingerprint density at radius 3 is 2.29 bits per heavy atom. The first-order valence-electron chi connectivity index (χ1n) is 7.78. The van der Waals surface area contributed by atoms with Gasteiger partial charge in [-0.1, -0.05) is 12.1 Å². The first-order valence-corrected chi connectivity index (χ1v) is 7.78. The number of para-hydroxylation sites is 2. The number of carbonyl (C=O) groups is 1. The van der Waals surface area contributed by atoms with E-state index >= 15 is 0 Å². The van der Waals surface area contributed by atoms with Crippen molar-refractivity contribution in [2.45, 2.75) is 26.5 Å². The highest BCUT2D eigenvalue weighted by molar-refractivity contribution is 5.94. The summed E-state index contributed by atoms with van der Waals surface area (Å²) < 4.78 is 16.5. The predicted molar refractivity (Wildman–Crippen MR) is 92.9 cm³/mol. The van der Waals surface area contributed by atoms with E-state index in [9.17, 15) is 4.79 Å². The molecule has 128 valence electrons. The molecule has 0 bridgehead atoms. The summed E-state index contributed by atoms with van der Waals surface area (Å²) in [5.74, 6) is 1.85. The largest absolute Gasteiger partial charge is 0.496 e. The van der Waals surface area contributed by atoms with Gasteiger partial charge in [-0.25, -0.2) is 0 Å². The highest BCUT2D eigenvalue weighted by Gasteiger charge is 2.12. The number of carbonyl (C=O) groups excluding carboxylic acids is 1. The van der Waals surface area contributed by atoms with Crippen molar-refractivity contribution in [2.75, 3.05) is 14.2 Å². The van der Waals surface area contributed by atoms with Crippen LogP contribution in [0.4, 0.5) is 0 Å². The molecule has 0 heterocycles. The molecular weight excluding hydrogens is 306 g/mol. The molecule has 0 aliphatic heterocycles. The van der Waals surface area contributed by atoms with Crippen LogP contribution in [-0.4, -0.2) is 26.2 Å². The van der Waals surface area contributed by atoms with Gasteiger partial charge < -0.3 is 19.5 Å². The van der Waals surface area contributed by atoms with Crippen LogP contribution in [0.3, 0.4) is 0 Å². The van der Waals surface area contributed by atoms with E-state index in [1.165, 1.54) is 0 Å². The summed E-state index contributed by atoms with van der Waals surface area (Å²) in [6.45, 7) is 4.12. The Kier molecular flexibility index (Phi) is 6.07. The molecule has 0 aromatic heterocycles. The topological polar surface area (TPSA) is 56.8 Å². The molecule has 0 unspecified atom stereocenters. The van der Waals surface area contributed by atoms with Crippen molar-refractivity contribution >= 4 is 5.91 Å². The number of methoxy groups -OCH3 is 2. The van der Waals surface area contributed by atoms with Gasteiger partial charge in [0.1, 0.15) is 12.4 Å². The zero-order valence-corrected chi connectivity index (χ0v) is 14.5. The molecule has 5 nitrogen and oxygen atoms in total. The van der Waals surface area contributed by atoms with E-state index in [2.05, 4.69) is 5.32 Å². The molecule has 1 N–H and O–H groups in total. The fraction of sp³-hybridized carbons (Fsp3) is 0.316. The number of amides is 1. The van der Waals surface area contributed by atoms with Crippen LogP contribution < -0.4 is 19.5 Å². The fourth-order valence-corrected chi connectivity index (χ4v) is 2.27. The minimum absolute atomic E-state index is 0.0767. The maximum Gasteiger partial charge on any atom is 0.251 e. The molecule has 0 spiro atoms. The summed E-state index contributed by atoms with van der Waals surface area (Å²) in [7, 11) is 3.19. The number of hydrogen-bond donors (Lipinski definition) is 1. The number of benzene rings is 2. The highest BCUT2D eigenvalue weighted by atomic mass is 16.5. The second-order valence-corrected chi connectivity index (χ2v) is 5.59. The molecule has 0 fully saturated rings. The van der Waals surface area contributed by atoms with Crippen LogP contribution in [0, 0.1) is 0 Å². The van der Waals surface area contributed by atoms with Crippen LogP contribution in [0.1, 0.15) is 29.8 Å². The van der Waals surface area contributed by atoms with E-state index in [4.69, 9.17) is 14.2 Å². The molecular formula is C19H23NO4. The molecule has 0 saturated heterocycles. The van der Waals surface area contributed by atoms with E-state index in [-0.39, 0.29) is 18.6 Å². The van der Waals surface area contributed by atoms with Gasteiger partial charge in [0.05, 0.1) is 14.2 Å². The van der Waals surface area contributed by atoms with Gasteiger partial charge in [0, 0.05) is 17.2 Å². The Morgan fingerprint density at radius 2 is 1.67 bits per heavy atom. The molecule has 0 atom stereocenters. The fourth-order valence-electron chi connectivity index (χ4n) is 2.27. The second-order valence-electron chi connectivity index (χ2n) is 5.59. The molecule has 1 amide bonds. The summed E-state index contributed by atoms with van der Waals surface area (Å²) in [6.07, 6.45) is 0. The summed E-state index contributed by atoms with van der Waals surface area (Å²) in [5, 5.41) is 2.88. The Labute approximate surface area is 142 Å². The van der Waals surface area contributed by atoms with Gasteiger partial charge in [0.2, 0.25) is 0 Å². The van der Waals surface area contributed by atoms with Crippen molar-refractivity contribution in [1.82, 2.24) is 5.32 Å². The normalized spacial score (nSPS) is 10.4. The van der Waals surface area contributed by atoms with Crippen molar-refractivity contribution in [3.63, 3.8) is 0 Å². The minimum atomic E-state index is -0.119. The Balaban J connectivity index is 2.20. The van der Waals surface area contributed by atoms with Crippen LogP contribution in [0.5, 0.6) is 17.2 Å². The van der Waals surface area contributed by atoms with Crippen LogP contribution >= 0.6 is 0 Å². The SMILES string of the molecule is COc1ccc(C(=O)NC(C)C)cc1COc1ccccc1OC. The van der Waals surface area contributed by atoms with E-state index < -0.39 is 0 Å². The van der Waals surface area contributed by atoms with E-state index in [1.54, 1.807) is 32.4 Å². The van der Waals surface area contributed by atoms with Crippen LogP contribution in [0.15, 0.2) is 42.5 Å². The lowest BCUT2D eigenvalue weighted by Crippen LogP contribution is -2.30. The first kappa shape index (κ1) is 17.7. The Morgan fingerprint density at radius 1 is 1.00 bits per heavy atom. The summed E-state index contributed by atoms with van der Waals surface area (Å²) >= 11 is 0. The van der Waals surface area contributed by atoms with Gasteiger partial charge >= 0.3 is 0 Å². The minimum Gasteiger partial charge on any atom is -0.496 e. The second kappa shape index (κ2) is 8.24. The molecule has 24 heavy (non-hydrogen) atoms. The van der Waals surface area contributed by atoms with Crippen molar-refractivity contribution in [2.24, 2.45) is 0 Å². The average molecular weight is 329 g/mol. The summed E-state index contributed by atoms with van der Waals surface area (Å²) in [5.41, 5.74) is 1.36. The Hall–Kier alpha value is -2.69. The van der Waals surface area contributed by atoms with Gasteiger partial charge in [0.15, 0.2) is 11.5 Å². The molecule has 5 heteroatoms. The predicted octanol–water partition coefficient (Wildman–Crippen LogP) is 3.42. The van der Waals surface area contributed by atoms with Gasteiger partial charge in [-0.05, 0) is 44.2 Å². The lowest BCUT2D eigenvalue weighted by molar-refractivity contribution is 0.0943. The molecule has 2 rings (SSSR count). The van der Waals surface area contributed by atoms with Crippen molar-refractivity contribution < 1.29 is 19.0 Å². The van der Waals surface area contributed by atoms with Crippen molar-refractivity contribution in [3.05, 3.63) is 53.6 Å². The third kappa shape index (κ3) is 4.41. The zero-order valence-electron chi connectivity index (χ0n) is 14.5. The van der Waals surface area contributed by atoms with Gasteiger partial charge in [-0.15, -0.1) is 0 Å². The van der Waals surface area contributed by atoms with Gasteiger partial charge in [0.25, 0.3) is 5.91 Å². The van der Waals surface area contributed by atoms with Crippen LogP contribution in [-0.2, 0) is 6.61 Å². The van der Waals surface area contributed by atoms with E-state index in [1.807, 2.05) is 38.1 Å². The zero-order chi connectivity index (χ0) is 17.5. The standard InChI is InChI=1S/C19H23NO4/c1-13(2)20-19(21)14-9-10-16(22-3)15(11-14)12-24-18-8-6-5-7-17(18)23-4/h5-11,13H,12H2,1-4H3,(H,20,21). The molecule has 0 saturated carbocycles. The smallest absolute Gasteiger partial charge is 0.251 e. The molecule has 0 aliphatic rings. The van der Waals surface area contributed by atoms with E-state index in [0.29, 0.717) is 22.8 Å². The average Bonchev–Trinajstić information content (AvgIpc) is 2.59. The maximum absolute atomic E-state index is 12.2. The number of hydrogen-bond acceptors (Lipinski definition) is 4. The quantitative estimate of drug-likeness (QED) is 0.845. The number of nitrogens with one attached hydrogen (secondary N) is 1. The van der Waals surface area contributed by atoms with Gasteiger partial charge in [-0.3, -0.25) is 4.79 Å². The van der Waals surface area contributed by atoms with E-state index in [0.717, 1.165) is 5.56 Å². The van der Waals surface area contributed by atoms with Crippen LogP contribution in [0.2, 0.25) is 0 Å². The van der Waals surface area contributed by atoms with Crippen molar-refractivity contribution in [1.29, 1.82) is 0 Å². The molecule has 2 aromatic carbocycles. The summed E-state index contributed by atoms with van der Waals surface area (Å²) in [6, 6.07) is 12.8. The lowest BCUT2D eigenvalue weighted by atomic mass is 10.1. The molecule has 2 aromatic rings. The first-order chi connectivity index (χ1) is 11.5. The number of ether oxygens (including phenoxy) is 3. The molecule has 0 radical (unpaired) electrons. The number of rotatable bonds is 7. The van der Waals surface area contributed by atoms with Crippen molar-refractivity contribution in [3.8, 4) is 17.2 Å². The maximum atomic E-state index is 12.2. The Bertz CT molecular complexity index is 698. The molecule has 0 aliphatic carbocycles. The monoisotopic (exact) mass is 329 g/mol. The third-order valence-corrected chi connectivity index (χ3v) is 3.41. The third-order valence-electron chi connectivity index (χ3n) is 3.41. The summed E-state index contributed by atoms with van der Waals surface area (Å²) in [4.78, 5) is 12.2. The lowest BCUT2D eigenvalue weighted by Gasteiger charge is -2.14. The van der Waals surface area contributed by atoms with Gasteiger partial charge in [-0.2, -0.15) is 0 Å².